The molecule has 0 heterocycles. The topological polar surface area (TPSA) is 52.6 Å². The smallest absolute Gasteiger partial charge is 0.306 e. The van der Waals surface area contributed by atoms with Gasteiger partial charge < -0.3 is 9.47 Å². The van der Waals surface area contributed by atoms with Crippen LogP contribution < -0.4 is 0 Å². The molecule has 0 spiro atoms. The van der Waals surface area contributed by atoms with Crippen LogP contribution in [0.25, 0.3) is 0 Å². The predicted molar refractivity (Wildman–Crippen MR) is 72.9 cm³/mol. The number of carbonyl (C=O) groups excluding carboxylic acids is 2. The Bertz CT molecular complexity index is 303. The van der Waals surface area contributed by atoms with E-state index in [-0.39, 0.29) is 24.6 Å². The van der Waals surface area contributed by atoms with Crippen LogP contribution >= 0.6 is 0 Å². The van der Waals surface area contributed by atoms with E-state index in [0.717, 1.165) is 25.7 Å². The zero-order valence-electron chi connectivity index (χ0n) is 12.4. The van der Waals surface area contributed by atoms with Crippen molar-refractivity contribution in [2.24, 2.45) is 5.92 Å². The maximum Gasteiger partial charge on any atom is 0.306 e. The molecule has 0 amide bonds. The number of rotatable bonds is 7. The van der Waals surface area contributed by atoms with Gasteiger partial charge >= 0.3 is 5.97 Å². The first-order valence-electron chi connectivity index (χ1n) is 7.37. The summed E-state index contributed by atoms with van der Waals surface area (Å²) in [5.74, 6) is 0.424. The first kappa shape index (κ1) is 16.2. The highest BCUT2D eigenvalue weighted by molar-refractivity contribution is 5.90. The van der Waals surface area contributed by atoms with Gasteiger partial charge in [0.1, 0.15) is 5.60 Å². The molecule has 0 aromatic carbocycles. The number of ether oxygens (including phenoxy) is 2. The van der Waals surface area contributed by atoms with E-state index in [4.69, 9.17) is 9.47 Å². The maximum atomic E-state index is 12.4. The van der Waals surface area contributed by atoms with Gasteiger partial charge in [0.05, 0.1) is 13.0 Å². The third-order valence-electron chi connectivity index (χ3n) is 3.87. The zero-order chi connectivity index (χ0) is 14.3. The van der Waals surface area contributed by atoms with Crippen LogP contribution in [-0.2, 0) is 19.1 Å². The summed E-state index contributed by atoms with van der Waals surface area (Å²) in [6.45, 7) is 6.79. The molecule has 4 heteroatoms. The second-order valence-electron chi connectivity index (χ2n) is 5.34. The van der Waals surface area contributed by atoms with Gasteiger partial charge in [-0.1, -0.05) is 6.92 Å². The molecule has 0 aliphatic heterocycles. The van der Waals surface area contributed by atoms with E-state index >= 15 is 0 Å². The van der Waals surface area contributed by atoms with Crippen molar-refractivity contribution in [3.05, 3.63) is 0 Å². The lowest BCUT2D eigenvalue weighted by atomic mass is 9.76. The molecule has 1 aliphatic rings. The van der Waals surface area contributed by atoms with Crippen LogP contribution in [-0.4, -0.2) is 30.6 Å². The summed E-state index contributed by atoms with van der Waals surface area (Å²) in [6, 6.07) is 0. The highest BCUT2D eigenvalue weighted by Gasteiger charge is 2.41. The van der Waals surface area contributed by atoms with Crippen LogP contribution in [0.1, 0.15) is 59.3 Å². The number of hydrogen-bond donors (Lipinski definition) is 0. The Labute approximate surface area is 115 Å². The molecule has 0 atom stereocenters. The van der Waals surface area contributed by atoms with Gasteiger partial charge in [-0.15, -0.1) is 0 Å². The number of hydrogen-bond acceptors (Lipinski definition) is 4. The molecule has 0 aromatic rings. The average Bonchev–Trinajstić information content (AvgIpc) is 2.39. The molecule has 0 radical (unpaired) electrons. The lowest BCUT2D eigenvalue weighted by molar-refractivity contribution is -0.153. The lowest BCUT2D eigenvalue weighted by Crippen LogP contribution is -2.44. The van der Waals surface area contributed by atoms with E-state index in [9.17, 15) is 9.59 Å². The summed E-state index contributed by atoms with van der Waals surface area (Å²) in [5.41, 5.74) is -0.645. The minimum Gasteiger partial charge on any atom is -0.466 e. The van der Waals surface area contributed by atoms with Gasteiger partial charge in [-0.3, -0.25) is 9.59 Å². The minimum atomic E-state index is -0.645. The molecule has 0 saturated heterocycles. The second-order valence-corrected chi connectivity index (χ2v) is 5.34. The molecule has 0 aromatic heterocycles. The number of ketones is 1. The van der Waals surface area contributed by atoms with Crippen molar-refractivity contribution in [2.75, 3.05) is 13.2 Å². The van der Waals surface area contributed by atoms with Gasteiger partial charge in [-0.05, 0) is 45.4 Å². The largest absolute Gasteiger partial charge is 0.466 e. The lowest BCUT2D eigenvalue weighted by Gasteiger charge is -2.37. The molecule has 0 bridgehead atoms. The monoisotopic (exact) mass is 270 g/mol. The Balaban J connectivity index is 2.55. The molecule has 0 N–H and O–H groups in total. The van der Waals surface area contributed by atoms with Crippen molar-refractivity contribution in [2.45, 2.75) is 64.9 Å². The van der Waals surface area contributed by atoms with Crippen molar-refractivity contribution in [1.29, 1.82) is 0 Å². The fourth-order valence-corrected chi connectivity index (χ4v) is 2.68. The summed E-state index contributed by atoms with van der Waals surface area (Å²) in [7, 11) is 0. The Kier molecular flexibility index (Phi) is 6.49. The van der Waals surface area contributed by atoms with Crippen LogP contribution in [0.2, 0.25) is 0 Å². The van der Waals surface area contributed by atoms with E-state index < -0.39 is 5.60 Å². The van der Waals surface area contributed by atoms with Gasteiger partial charge in [0.15, 0.2) is 5.78 Å². The fraction of sp³-hybridized carbons (Fsp3) is 0.867. The van der Waals surface area contributed by atoms with Crippen LogP contribution in [0, 0.1) is 5.92 Å². The molecule has 1 rings (SSSR count). The van der Waals surface area contributed by atoms with Gasteiger partial charge in [-0.25, -0.2) is 0 Å². The molecule has 1 saturated carbocycles. The predicted octanol–water partition coefficient (Wildman–Crippen LogP) is 2.88. The highest BCUT2D eigenvalue weighted by Crippen LogP contribution is 2.36. The van der Waals surface area contributed by atoms with E-state index in [2.05, 4.69) is 6.92 Å². The third-order valence-corrected chi connectivity index (χ3v) is 3.87. The SMILES string of the molecule is CCOC(=O)CCC(=O)C1(OCC)CCC(C)CC1. The van der Waals surface area contributed by atoms with Crippen molar-refractivity contribution < 1.29 is 19.1 Å². The fourth-order valence-electron chi connectivity index (χ4n) is 2.68. The van der Waals surface area contributed by atoms with Gasteiger partial charge in [-0.2, -0.15) is 0 Å². The molecule has 0 unspecified atom stereocenters. The van der Waals surface area contributed by atoms with Gasteiger partial charge in [0, 0.05) is 13.0 Å². The van der Waals surface area contributed by atoms with E-state index in [0.29, 0.717) is 19.1 Å². The van der Waals surface area contributed by atoms with Crippen molar-refractivity contribution in [3.8, 4) is 0 Å². The first-order chi connectivity index (χ1) is 9.04. The number of esters is 1. The Hall–Kier alpha value is -0.900. The summed E-state index contributed by atoms with van der Waals surface area (Å²) in [4.78, 5) is 23.7. The minimum absolute atomic E-state index is 0.0642. The molecule has 110 valence electrons. The van der Waals surface area contributed by atoms with E-state index in [1.807, 2.05) is 6.92 Å². The van der Waals surface area contributed by atoms with Crippen LogP contribution in [0.3, 0.4) is 0 Å². The zero-order valence-corrected chi connectivity index (χ0v) is 12.4. The van der Waals surface area contributed by atoms with Crippen molar-refractivity contribution >= 4 is 11.8 Å². The molecule has 19 heavy (non-hydrogen) atoms. The second kappa shape index (κ2) is 7.63. The first-order valence-corrected chi connectivity index (χ1v) is 7.37. The van der Waals surface area contributed by atoms with Crippen molar-refractivity contribution in [3.63, 3.8) is 0 Å². The Morgan fingerprint density at radius 2 is 1.74 bits per heavy atom. The molecular formula is C15H26O4. The van der Waals surface area contributed by atoms with Crippen LogP contribution in [0.4, 0.5) is 0 Å². The van der Waals surface area contributed by atoms with Crippen LogP contribution in [0.15, 0.2) is 0 Å². The van der Waals surface area contributed by atoms with Gasteiger partial charge in [0.25, 0.3) is 0 Å². The van der Waals surface area contributed by atoms with Gasteiger partial charge in [0.2, 0.25) is 0 Å². The highest BCUT2D eigenvalue weighted by atomic mass is 16.5. The number of carbonyl (C=O) groups is 2. The molecular weight excluding hydrogens is 244 g/mol. The van der Waals surface area contributed by atoms with Crippen LogP contribution in [0.5, 0.6) is 0 Å². The summed E-state index contributed by atoms with van der Waals surface area (Å²) in [6.07, 6.45) is 3.99. The maximum absolute atomic E-state index is 12.4. The summed E-state index contributed by atoms with van der Waals surface area (Å²) < 4.78 is 10.6. The average molecular weight is 270 g/mol. The third kappa shape index (κ3) is 4.60. The quantitative estimate of drug-likeness (QED) is 0.667. The van der Waals surface area contributed by atoms with E-state index in [1.54, 1.807) is 6.92 Å². The van der Waals surface area contributed by atoms with Crippen molar-refractivity contribution in [1.82, 2.24) is 0 Å². The Morgan fingerprint density at radius 1 is 1.11 bits per heavy atom. The molecule has 1 aliphatic carbocycles. The summed E-state index contributed by atoms with van der Waals surface area (Å²) >= 11 is 0. The summed E-state index contributed by atoms with van der Waals surface area (Å²) in [5, 5.41) is 0. The molecule has 1 fully saturated rings. The van der Waals surface area contributed by atoms with E-state index in [1.165, 1.54) is 0 Å². The standard InChI is InChI=1S/C15H26O4/c1-4-18-14(17)7-6-13(16)15(19-5-2)10-8-12(3)9-11-15/h12H,4-11H2,1-3H3. The number of Topliss-reactive ketones (excluding diaryl/α,β-unsaturated/α-hetero) is 1. The Morgan fingerprint density at radius 3 is 2.26 bits per heavy atom. The normalized spacial score (nSPS) is 27.0. The molecule has 4 nitrogen and oxygen atoms in total.